The zero-order valence-electron chi connectivity index (χ0n) is 17.2. The number of ketones is 1. The first-order valence-corrected chi connectivity index (χ1v) is 10.1. The molecule has 1 fully saturated rings. The number of aliphatic imine (C=N–C) groups is 1. The van der Waals surface area contributed by atoms with E-state index >= 15 is 0 Å². The Kier molecular flexibility index (Phi) is 6.08. The van der Waals surface area contributed by atoms with Crippen molar-refractivity contribution in [2.45, 2.75) is 30.7 Å². The minimum Gasteiger partial charge on any atom is -0.462 e. The van der Waals surface area contributed by atoms with Crippen LogP contribution in [0.25, 0.3) is 0 Å². The summed E-state index contributed by atoms with van der Waals surface area (Å²) < 4.78 is 78.6. The number of carbonyl (C=O) groups excluding carboxylic acids is 1. The van der Waals surface area contributed by atoms with Crippen molar-refractivity contribution in [3.63, 3.8) is 0 Å². The van der Waals surface area contributed by atoms with Gasteiger partial charge >= 0.3 is 6.18 Å². The number of ether oxygens (including phenoxy) is 2. The maximum atomic E-state index is 14.9. The van der Waals surface area contributed by atoms with E-state index in [9.17, 15) is 26.7 Å². The SMILES string of the molecule is NC1=N[C@](CF)(c2cc(CC(=O)c3ccc(C(F)(F)F)cn3)ccc2F)[C@H]2COCC[C@H]2O1. The Morgan fingerprint density at radius 1 is 1.24 bits per heavy atom. The molecule has 0 amide bonds. The molecule has 2 aliphatic heterocycles. The lowest BCUT2D eigenvalue weighted by Crippen LogP contribution is -2.54. The highest BCUT2D eigenvalue weighted by Gasteiger charge is 2.52. The molecular weight excluding hydrogens is 449 g/mol. The summed E-state index contributed by atoms with van der Waals surface area (Å²) in [5.41, 5.74) is 3.15. The third kappa shape index (κ3) is 4.41. The Hall–Kier alpha value is -3.08. The molecule has 0 spiro atoms. The minimum absolute atomic E-state index is 0.0867. The Balaban J connectivity index is 1.65. The van der Waals surface area contributed by atoms with Crippen molar-refractivity contribution in [3.8, 4) is 0 Å². The van der Waals surface area contributed by atoms with Crippen molar-refractivity contribution in [2.75, 3.05) is 19.9 Å². The fraction of sp³-hybridized carbons (Fsp3) is 0.409. The second kappa shape index (κ2) is 8.69. The standard InChI is InChI=1S/C22H20F5N3O3/c23-11-21(15-10-32-6-5-19(15)33-20(28)30-21)14-7-12(1-3-16(14)24)8-18(31)17-4-2-13(9-29-17)22(25,26)27/h1-4,7,9,15,19H,5-6,8,10-11H2,(H2,28,30)/t15-,19+,21+/m0/s1. The molecule has 1 aromatic heterocycles. The fourth-order valence-electron chi connectivity index (χ4n) is 4.24. The molecule has 0 radical (unpaired) electrons. The van der Waals surface area contributed by atoms with E-state index in [2.05, 4.69) is 9.98 Å². The normalized spacial score (nSPS) is 25.1. The molecule has 3 heterocycles. The van der Waals surface area contributed by atoms with Gasteiger partial charge in [0.05, 0.1) is 24.7 Å². The minimum atomic E-state index is -4.58. The van der Waals surface area contributed by atoms with E-state index in [1.165, 1.54) is 12.1 Å². The van der Waals surface area contributed by atoms with E-state index in [4.69, 9.17) is 15.2 Å². The predicted molar refractivity (Wildman–Crippen MR) is 107 cm³/mol. The molecule has 176 valence electrons. The summed E-state index contributed by atoms with van der Waals surface area (Å²) in [5, 5.41) is 0. The number of nitrogens with zero attached hydrogens (tertiary/aromatic N) is 2. The number of amidine groups is 1. The molecule has 0 aliphatic carbocycles. The highest BCUT2D eigenvalue weighted by atomic mass is 19.4. The second-order valence-electron chi connectivity index (χ2n) is 7.98. The van der Waals surface area contributed by atoms with Gasteiger partial charge in [-0.05, 0) is 29.8 Å². The molecule has 1 aromatic carbocycles. The van der Waals surface area contributed by atoms with Gasteiger partial charge in [0.1, 0.15) is 29.8 Å². The van der Waals surface area contributed by atoms with Gasteiger partial charge in [-0.15, -0.1) is 0 Å². The Labute approximate surface area is 185 Å². The summed E-state index contributed by atoms with van der Waals surface area (Å²) in [6, 6.07) is 5.24. The molecule has 3 atom stereocenters. The molecule has 33 heavy (non-hydrogen) atoms. The fourth-order valence-corrected chi connectivity index (χ4v) is 4.24. The number of nitrogens with two attached hydrogens (primary N) is 1. The molecule has 1 saturated heterocycles. The van der Waals surface area contributed by atoms with Crippen molar-refractivity contribution < 1.29 is 36.2 Å². The number of benzene rings is 1. The van der Waals surface area contributed by atoms with E-state index in [0.717, 1.165) is 18.2 Å². The van der Waals surface area contributed by atoms with Crippen LogP contribution in [0.3, 0.4) is 0 Å². The highest BCUT2D eigenvalue weighted by Crippen LogP contribution is 2.44. The molecular formula is C22H20F5N3O3. The van der Waals surface area contributed by atoms with Gasteiger partial charge in [0, 0.05) is 24.6 Å². The zero-order chi connectivity index (χ0) is 23.8. The number of halogens is 5. The van der Waals surface area contributed by atoms with Crippen LogP contribution in [0, 0.1) is 11.7 Å². The van der Waals surface area contributed by atoms with Gasteiger partial charge in [0.15, 0.2) is 5.78 Å². The molecule has 6 nitrogen and oxygen atoms in total. The number of Topliss-reactive ketones (excluding diaryl/α,β-unsaturated/α-hetero) is 1. The van der Waals surface area contributed by atoms with Gasteiger partial charge < -0.3 is 15.2 Å². The first kappa shape index (κ1) is 23.1. The van der Waals surface area contributed by atoms with E-state index in [-0.39, 0.29) is 30.3 Å². The molecule has 4 rings (SSSR count). The van der Waals surface area contributed by atoms with Gasteiger partial charge in [-0.2, -0.15) is 13.2 Å². The number of pyridine rings is 1. The van der Waals surface area contributed by atoms with Crippen LogP contribution in [0.15, 0.2) is 41.5 Å². The number of carbonyl (C=O) groups is 1. The van der Waals surface area contributed by atoms with Crippen LogP contribution < -0.4 is 5.73 Å². The topological polar surface area (TPSA) is 86.8 Å². The van der Waals surface area contributed by atoms with Crippen molar-refractivity contribution in [1.29, 1.82) is 0 Å². The van der Waals surface area contributed by atoms with Crippen molar-refractivity contribution in [3.05, 3.63) is 64.7 Å². The van der Waals surface area contributed by atoms with Crippen LogP contribution in [0.4, 0.5) is 22.0 Å². The number of fused-ring (bicyclic) bond motifs is 1. The molecule has 2 N–H and O–H groups in total. The van der Waals surface area contributed by atoms with E-state index in [1.54, 1.807) is 0 Å². The van der Waals surface area contributed by atoms with Crippen LogP contribution in [-0.4, -0.2) is 42.8 Å². The van der Waals surface area contributed by atoms with Gasteiger partial charge in [0.25, 0.3) is 6.02 Å². The smallest absolute Gasteiger partial charge is 0.417 e. The average molecular weight is 469 g/mol. The lowest BCUT2D eigenvalue weighted by molar-refractivity contribution is -0.137. The molecule has 11 heteroatoms. The van der Waals surface area contributed by atoms with Crippen molar-refractivity contribution in [1.82, 2.24) is 4.98 Å². The number of hydrogen-bond acceptors (Lipinski definition) is 6. The molecule has 0 unspecified atom stereocenters. The summed E-state index contributed by atoms with van der Waals surface area (Å²) >= 11 is 0. The average Bonchev–Trinajstić information content (AvgIpc) is 2.79. The maximum absolute atomic E-state index is 14.9. The van der Waals surface area contributed by atoms with E-state index in [1.807, 2.05) is 0 Å². The number of hydrogen-bond donors (Lipinski definition) is 1. The zero-order valence-corrected chi connectivity index (χ0v) is 17.2. The molecule has 0 bridgehead atoms. The molecule has 2 aliphatic rings. The summed E-state index contributed by atoms with van der Waals surface area (Å²) in [5.74, 6) is -1.95. The van der Waals surface area contributed by atoms with Crippen LogP contribution in [0.2, 0.25) is 0 Å². The second-order valence-corrected chi connectivity index (χ2v) is 7.98. The monoisotopic (exact) mass is 469 g/mol. The lowest BCUT2D eigenvalue weighted by Gasteiger charge is -2.45. The van der Waals surface area contributed by atoms with Gasteiger partial charge in [-0.25, -0.2) is 13.8 Å². The summed E-state index contributed by atoms with van der Waals surface area (Å²) in [7, 11) is 0. The van der Waals surface area contributed by atoms with Crippen LogP contribution in [0.1, 0.15) is 33.6 Å². The van der Waals surface area contributed by atoms with Gasteiger partial charge in [0.2, 0.25) is 0 Å². The van der Waals surface area contributed by atoms with Crippen LogP contribution in [0.5, 0.6) is 0 Å². The first-order chi connectivity index (χ1) is 15.6. The predicted octanol–water partition coefficient (Wildman–Crippen LogP) is 3.58. The van der Waals surface area contributed by atoms with Gasteiger partial charge in [-0.3, -0.25) is 9.78 Å². The first-order valence-electron chi connectivity index (χ1n) is 10.1. The van der Waals surface area contributed by atoms with Crippen molar-refractivity contribution in [2.24, 2.45) is 16.6 Å². The van der Waals surface area contributed by atoms with Crippen molar-refractivity contribution >= 4 is 11.8 Å². The van der Waals surface area contributed by atoms with Crippen LogP contribution in [-0.2, 0) is 27.6 Å². The van der Waals surface area contributed by atoms with Gasteiger partial charge in [-0.1, -0.05) is 6.07 Å². The number of rotatable bonds is 5. The lowest BCUT2D eigenvalue weighted by atomic mass is 9.74. The summed E-state index contributed by atoms with van der Waals surface area (Å²) in [6.07, 6.45) is -4.36. The highest BCUT2D eigenvalue weighted by molar-refractivity contribution is 5.95. The van der Waals surface area contributed by atoms with Crippen LogP contribution >= 0.6 is 0 Å². The Bertz CT molecular complexity index is 1070. The maximum Gasteiger partial charge on any atom is 0.417 e. The largest absolute Gasteiger partial charge is 0.462 e. The Morgan fingerprint density at radius 2 is 2.03 bits per heavy atom. The third-order valence-corrected chi connectivity index (χ3v) is 5.93. The molecule has 2 aromatic rings. The summed E-state index contributed by atoms with van der Waals surface area (Å²) in [6.45, 7) is -0.603. The number of aromatic nitrogens is 1. The number of alkyl halides is 4. The quantitative estimate of drug-likeness (QED) is 0.535. The Morgan fingerprint density at radius 3 is 2.70 bits per heavy atom. The summed E-state index contributed by atoms with van der Waals surface area (Å²) in [4.78, 5) is 20.3. The molecule has 0 saturated carbocycles. The third-order valence-electron chi connectivity index (χ3n) is 5.93. The van der Waals surface area contributed by atoms with E-state index in [0.29, 0.717) is 24.8 Å². The van der Waals surface area contributed by atoms with E-state index < -0.39 is 47.6 Å².